The minimum absolute atomic E-state index is 0.0354. The number of aromatic amines is 1. The summed E-state index contributed by atoms with van der Waals surface area (Å²) in [4.78, 5) is 12.4. The summed E-state index contributed by atoms with van der Waals surface area (Å²) in [5.74, 6) is 1.48. The van der Waals surface area contributed by atoms with Crippen LogP contribution in [0.2, 0.25) is 0 Å². The summed E-state index contributed by atoms with van der Waals surface area (Å²) in [6, 6.07) is 8.74. The van der Waals surface area contributed by atoms with E-state index in [0.717, 1.165) is 40.7 Å². The van der Waals surface area contributed by atoms with Crippen molar-refractivity contribution < 1.29 is 27.7 Å². The van der Waals surface area contributed by atoms with Gasteiger partial charge < -0.3 is 24.3 Å². The second-order valence-corrected chi connectivity index (χ2v) is 11.9. The fraction of sp³-hybridized carbons (Fsp3) is 0.417. The largest absolute Gasteiger partial charge is 0.488 e. The first-order valence-corrected chi connectivity index (χ1v) is 14.2. The number of nitrogens with one attached hydrogen (secondary N) is 1. The molecule has 0 bridgehead atoms. The van der Waals surface area contributed by atoms with Crippen molar-refractivity contribution >= 4 is 37.5 Å². The number of hydrogen-bond donors (Lipinski definition) is 2. The number of fused-ring (bicyclic) bond motifs is 1. The number of benzene rings is 1. The third-order valence-corrected chi connectivity index (χ3v) is 8.27. The van der Waals surface area contributed by atoms with Gasteiger partial charge in [0.25, 0.3) is 0 Å². The van der Waals surface area contributed by atoms with E-state index in [4.69, 9.17) is 14.2 Å². The van der Waals surface area contributed by atoms with Crippen LogP contribution in [0.15, 0.2) is 46.4 Å². The number of thioether (sulfide) groups is 1. The molecule has 9 nitrogen and oxygen atoms in total. The molecule has 1 saturated heterocycles. The number of ether oxygens (including phenoxy) is 3. The van der Waals surface area contributed by atoms with E-state index in [1.165, 1.54) is 18.3 Å². The lowest BCUT2D eigenvalue weighted by Crippen LogP contribution is -2.25. The number of H-pyrrole nitrogens is 1. The number of aromatic nitrogens is 2. The first-order valence-electron chi connectivity index (χ1n) is 11.5. The van der Waals surface area contributed by atoms with Crippen molar-refractivity contribution in [3.8, 4) is 17.4 Å². The predicted molar refractivity (Wildman–Crippen MR) is 135 cm³/mol. The summed E-state index contributed by atoms with van der Waals surface area (Å²) in [6.45, 7) is 2.16. The summed E-state index contributed by atoms with van der Waals surface area (Å²) in [5, 5.41) is 11.3. The van der Waals surface area contributed by atoms with E-state index in [-0.39, 0.29) is 28.7 Å². The Hall–Kier alpha value is -2.60. The highest BCUT2D eigenvalue weighted by Gasteiger charge is 2.23. The maximum absolute atomic E-state index is 11.7. The quantitative estimate of drug-likeness (QED) is 0.465. The van der Waals surface area contributed by atoms with Gasteiger partial charge in [-0.05, 0) is 24.6 Å². The molecule has 1 unspecified atom stereocenters. The van der Waals surface area contributed by atoms with Gasteiger partial charge >= 0.3 is 0 Å². The molecule has 1 aromatic carbocycles. The van der Waals surface area contributed by atoms with Crippen LogP contribution in [0, 0.1) is 0 Å². The van der Waals surface area contributed by atoms with E-state index in [0.29, 0.717) is 37.7 Å². The standard InChI is InChI=1S/C24H27N3O6S2/c1-35(29,30)19-2-3-22(25-14-19)33-17-10-15-11-20(24-26-13-18(34-24)4-7-28)27-23(15)21(12-17)32-16-5-8-31-9-6-16/h2-3,10-12,14,16,18,27-28H,4-9,13H2,1H3. The van der Waals surface area contributed by atoms with Crippen LogP contribution >= 0.6 is 11.8 Å². The molecule has 2 N–H and O–H groups in total. The molecule has 0 saturated carbocycles. The second-order valence-electron chi connectivity index (χ2n) is 8.60. The molecule has 2 aliphatic rings. The highest BCUT2D eigenvalue weighted by molar-refractivity contribution is 8.15. The zero-order chi connectivity index (χ0) is 24.4. The monoisotopic (exact) mass is 517 g/mol. The molecule has 0 aliphatic carbocycles. The number of aliphatic imine (C=N–C) groups is 1. The lowest BCUT2D eigenvalue weighted by atomic mass is 10.1. The molecule has 5 rings (SSSR count). The lowest BCUT2D eigenvalue weighted by molar-refractivity contribution is 0.0260. The molecule has 11 heteroatoms. The molecular weight excluding hydrogens is 490 g/mol. The van der Waals surface area contributed by atoms with Crippen molar-refractivity contribution in [2.45, 2.75) is 35.5 Å². The number of aliphatic hydroxyl groups is 1. The third kappa shape index (κ3) is 5.64. The van der Waals surface area contributed by atoms with Gasteiger partial charge in [0.05, 0.1) is 35.9 Å². The molecular formula is C24H27N3O6S2. The van der Waals surface area contributed by atoms with Crippen molar-refractivity contribution in [1.82, 2.24) is 9.97 Å². The first kappa shape index (κ1) is 24.1. The first-order chi connectivity index (χ1) is 16.9. The van der Waals surface area contributed by atoms with Crippen molar-refractivity contribution in [3.05, 3.63) is 42.2 Å². The van der Waals surface area contributed by atoms with Crippen molar-refractivity contribution in [2.24, 2.45) is 4.99 Å². The molecule has 0 spiro atoms. The van der Waals surface area contributed by atoms with Crippen LogP contribution in [-0.4, -0.2) is 72.5 Å². The van der Waals surface area contributed by atoms with Gasteiger partial charge in [-0.25, -0.2) is 13.4 Å². The van der Waals surface area contributed by atoms with E-state index in [1.807, 2.05) is 18.2 Å². The summed E-state index contributed by atoms with van der Waals surface area (Å²) in [6.07, 6.45) is 4.78. The summed E-state index contributed by atoms with van der Waals surface area (Å²) in [5.41, 5.74) is 1.75. The van der Waals surface area contributed by atoms with Crippen LogP contribution in [0.1, 0.15) is 25.0 Å². The van der Waals surface area contributed by atoms with Crippen LogP contribution in [0.5, 0.6) is 17.4 Å². The van der Waals surface area contributed by atoms with Gasteiger partial charge in [-0.2, -0.15) is 0 Å². The highest BCUT2D eigenvalue weighted by Crippen LogP contribution is 2.37. The zero-order valence-electron chi connectivity index (χ0n) is 19.3. The SMILES string of the molecule is CS(=O)(=O)c1ccc(Oc2cc(OC3CCOCC3)c3[nH]c(C4=NCC(CCO)S4)cc3c2)nc1. The Bertz CT molecular complexity index is 1330. The predicted octanol–water partition coefficient (Wildman–Crippen LogP) is 3.56. The Balaban J connectivity index is 1.46. The molecule has 0 amide bonds. The van der Waals surface area contributed by atoms with Gasteiger partial charge in [0.1, 0.15) is 22.6 Å². The van der Waals surface area contributed by atoms with E-state index >= 15 is 0 Å². The maximum atomic E-state index is 11.7. The van der Waals surface area contributed by atoms with Gasteiger partial charge in [-0.3, -0.25) is 4.99 Å². The second kappa shape index (κ2) is 10.2. The molecule has 35 heavy (non-hydrogen) atoms. The third-order valence-electron chi connectivity index (χ3n) is 5.89. The molecule has 1 atom stereocenters. The number of rotatable bonds is 8. The topological polar surface area (TPSA) is 123 Å². The maximum Gasteiger partial charge on any atom is 0.219 e. The van der Waals surface area contributed by atoms with Gasteiger partial charge in [0, 0.05) is 54.7 Å². The van der Waals surface area contributed by atoms with Gasteiger partial charge in [0.2, 0.25) is 5.88 Å². The summed E-state index contributed by atoms with van der Waals surface area (Å²) >= 11 is 1.67. The van der Waals surface area contributed by atoms with E-state index in [2.05, 4.69) is 15.0 Å². The summed E-state index contributed by atoms with van der Waals surface area (Å²) < 4.78 is 41.3. The smallest absolute Gasteiger partial charge is 0.219 e. The zero-order valence-corrected chi connectivity index (χ0v) is 20.9. The molecule has 1 fully saturated rings. The number of sulfone groups is 1. The molecule has 2 aromatic heterocycles. The Labute approximate surface area is 207 Å². The average Bonchev–Trinajstić information content (AvgIpc) is 3.47. The highest BCUT2D eigenvalue weighted by atomic mass is 32.2. The minimum atomic E-state index is -3.34. The van der Waals surface area contributed by atoms with Crippen molar-refractivity contribution in [2.75, 3.05) is 32.6 Å². The fourth-order valence-electron chi connectivity index (χ4n) is 4.05. The fourth-order valence-corrected chi connectivity index (χ4v) is 5.69. The van der Waals surface area contributed by atoms with Gasteiger partial charge in [-0.1, -0.05) is 11.8 Å². The number of aliphatic hydroxyl groups excluding tert-OH is 1. The van der Waals surface area contributed by atoms with Crippen molar-refractivity contribution in [3.63, 3.8) is 0 Å². The molecule has 4 heterocycles. The van der Waals surface area contributed by atoms with E-state index < -0.39 is 9.84 Å². The van der Waals surface area contributed by atoms with E-state index in [1.54, 1.807) is 11.8 Å². The van der Waals surface area contributed by atoms with Crippen LogP contribution in [0.25, 0.3) is 10.9 Å². The number of hydrogen-bond acceptors (Lipinski definition) is 9. The van der Waals surface area contributed by atoms with Crippen LogP contribution < -0.4 is 9.47 Å². The Morgan fingerprint density at radius 3 is 2.77 bits per heavy atom. The van der Waals surface area contributed by atoms with Crippen LogP contribution in [0.3, 0.4) is 0 Å². The van der Waals surface area contributed by atoms with Gasteiger partial charge in [0.15, 0.2) is 9.84 Å². The molecule has 0 radical (unpaired) electrons. The molecule has 186 valence electrons. The molecule has 3 aromatic rings. The van der Waals surface area contributed by atoms with Crippen molar-refractivity contribution in [1.29, 1.82) is 0 Å². The van der Waals surface area contributed by atoms with E-state index in [9.17, 15) is 13.5 Å². The number of nitrogens with zero attached hydrogens (tertiary/aromatic N) is 2. The Morgan fingerprint density at radius 2 is 2.06 bits per heavy atom. The average molecular weight is 518 g/mol. The normalized spacial score (nSPS) is 19.1. The van der Waals surface area contributed by atoms with Crippen LogP contribution in [0.4, 0.5) is 0 Å². The lowest BCUT2D eigenvalue weighted by Gasteiger charge is -2.23. The summed E-state index contributed by atoms with van der Waals surface area (Å²) in [7, 11) is -3.34. The van der Waals surface area contributed by atoms with Gasteiger partial charge in [-0.15, -0.1) is 0 Å². The number of pyridine rings is 1. The van der Waals surface area contributed by atoms with Crippen LogP contribution in [-0.2, 0) is 14.6 Å². The Kier molecular flexibility index (Phi) is 7.01. The Morgan fingerprint density at radius 1 is 1.23 bits per heavy atom. The minimum Gasteiger partial charge on any atom is -0.488 e. The molecule has 2 aliphatic heterocycles.